The Bertz CT molecular complexity index is 1140. The van der Waals surface area contributed by atoms with Crippen LogP contribution in [0.4, 0.5) is 0 Å². The second-order valence-electron chi connectivity index (χ2n) is 8.33. The first kappa shape index (κ1) is 22.3. The SMILES string of the molecule is CC(=Cc1cc(C)c(-c2ccc3[nH]ccc3c2)cc1C)C(=O)NCCNC(=O)C(C)C. The lowest BCUT2D eigenvalue weighted by Crippen LogP contribution is -2.36. The van der Waals surface area contributed by atoms with E-state index in [1.54, 1.807) is 0 Å². The molecule has 1 heterocycles. The third-order valence-electron chi connectivity index (χ3n) is 5.44. The number of H-pyrrole nitrogens is 1. The van der Waals surface area contributed by atoms with E-state index in [0.29, 0.717) is 18.7 Å². The highest BCUT2D eigenvalue weighted by molar-refractivity contribution is 5.97. The molecule has 0 saturated carbocycles. The molecule has 0 atom stereocenters. The highest BCUT2D eigenvalue weighted by atomic mass is 16.2. The predicted molar refractivity (Wildman–Crippen MR) is 128 cm³/mol. The smallest absolute Gasteiger partial charge is 0.246 e. The van der Waals surface area contributed by atoms with Crippen molar-refractivity contribution in [2.75, 3.05) is 13.1 Å². The van der Waals surface area contributed by atoms with Crippen molar-refractivity contribution in [2.24, 2.45) is 5.92 Å². The van der Waals surface area contributed by atoms with Crippen LogP contribution in [0.2, 0.25) is 0 Å². The van der Waals surface area contributed by atoms with Crippen molar-refractivity contribution < 1.29 is 9.59 Å². The molecule has 3 aromatic rings. The van der Waals surface area contributed by atoms with Crippen molar-refractivity contribution >= 4 is 28.8 Å². The van der Waals surface area contributed by atoms with Crippen LogP contribution >= 0.6 is 0 Å². The molecule has 3 N–H and O–H groups in total. The Balaban J connectivity index is 1.71. The number of nitrogens with one attached hydrogen (secondary N) is 3. The van der Waals surface area contributed by atoms with Crippen molar-refractivity contribution in [3.05, 3.63) is 64.9 Å². The van der Waals surface area contributed by atoms with Crippen molar-refractivity contribution in [3.8, 4) is 11.1 Å². The minimum atomic E-state index is -0.127. The first-order chi connectivity index (χ1) is 14.8. The molecule has 2 aromatic carbocycles. The second kappa shape index (κ2) is 9.65. The topological polar surface area (TPSA) is 74.0 Å². The highest BCUT2D eigenvalue weighted by Gasteiger charge is 2.10. The number of aromatic amines is 1. The number of hydrogen-bond donors (Lipinski definition) is 3. The molecule has 0 unspecified atom stereocenters. The Morgan fingerprint density at radius 2 is 1.74 bits per heavy atom. The van der Waals surface area contributed by atoms with E-state index in [2.05, 4.69) is 65.9 Å². The van der Waals surface area contributed by atoms with E-state index in [1.807, 2.05) is 33.0 Å². The van der Waals surface area contributed by atoms with Gasteiger partial charge in [0.05, 0.1) is 0 Å². The van der Waals surface area contributed by atoms with Crippen LogP contribution < -0.4 is 10.6 Å². The molecular formula is C26H31N3O2. The number of benzene rings is 2. The summed E-state index contributed by atoms with van der Waals surface area (Å²) < 4.78 is 0. The zero-order valence-corrected chi connectivity index (χ0v) is 18.9. The number of amides is 2. The third kappa shape index (κ3) is 5.43. The standard InChI is InChI=1S/C26H31N3O2/c1-16(2)25(30)28-10-11-29-26(31)19(5)13-22-12-18(4)23(14-17(22)3)20-6-7-24-21(15-20)8-9-27-24/h6-9,12-16,27H,10-11H2,1-5H3,(H,28,30)(H,29,31). The minimum absolute atomic E-state index is 0.0108. The molecule has 0 aliphatic rings. The largest absolute Gasteiger partial charge is 0.361 e. The van der Waals surface area contributed by atoms with Gasteiger partial charge in [0.25, 0.3) is 0 Å². The van der Waals surface area contributed by atoms with E-state index in [0.717, 1.165) is 22.2 Å². The van der Waals surface area contributed by atoms with Gasteiger partial charge in [-0.2, -0.15) is 0 Å². The molecule has 0 bridgehead atoms. The molecular weight excluding hydrogens is 386 g/mol. The van der Waals surface area contributed by atoms with Gasteiger partial charge in [-0.1, -0.05) is 32.0 Å². The van der Waals surface area contributed by atoms with Gasteiger partial charge in [-0.05, 0) is 78.2 Å². The van der Waals surface area contributed by atoms with Crippen molar-refractivity contribution in [1.29, 1.82) is 0 Å². The number of hydrogen-bond acceptors (Lipinski definition) is 2. The van der Waals surface area contributed by atoms with Gasteiger partial charge in [0, 0.05) is 36.3 Å². The van der Waals surface area contributed by atoms with E-state index < -0.39 is 0 Å². The third-order valence-corrected chi connectivity index (χ3v) is 5.44. The molecule has 0 fully saturated rings. The maximum absolute atomic E-state index is 12.4. The molecule has 31 heavy (non-hydrogen) atoms. The van der Waals surface area contributed by atoms with Gasteiger partial charge in [0.1, 0.15) is 0 Å². The fourth-order valence-electron chi connectivity index (χ4n) is 3.53. The molecule has 0 radical (unpaired) electrons. The predicted octanol–water partition coefficient (Wildman–Crippen LogP) is 4.74. The summed E-state index contributed by atoms with van der Waals surface area (Å²) in [5.74, 6) is -0.197. The van der Waals surface area contributed by atoms with Crippen LogP contribution in [0, 0.1) is 19.8 Å². The summed E-state index contributed by atoms with van der Waals surface area (Å²) in [6.07, 6.45) is 3.87. The normalized spacial score (nSPS) is 11.7. The van der Waals surface area contributed by atoms with Crippen LogP contribution in [0.5, 0.6) is 0 Å². The lowest BCUT2D eigenvalue weighted by Gasteiger charge is -2.12. The number of aryl methyl sites for hydroxylation is 2. The summed E-state index contributed by atoms with van der Waals surface area (Å²) in [6, 6.07) is 12.8. The first-order valence-corrected chi connectivity index (χ1v) is 10.7. The maximum atomic E-state index is 12.4. The molecule has 5 heteroatoms. The molecule has 2 amide bonds. The summed E-state index contributed by atoms with van der Waals surface area (Å²) in [5.41, 5.74) is 7.45. The number of aromatic nitrogens is 1. The fourth-order valence-corrected chi connectivity index (χ4v) is 3.53. The number of fused-ring (bicyclic) bond motifs is 1. The Hall–Kier alpha value is -3.34. The van der Waals surface area contributed by atoms with Gasteiger partial charge in [-0.15, -0.1) is 0 Å². The first-order valence-electron chi connectivity index (χ1n) is 10.7. The second-order valence-corrected chi connectivity index (χ2v) is 8.33. The van der Waals surface area contributed by atoms with Crippen LogP contribution in [0.3, 0.4) is 0 Å². The van der Waals surface area contributed by atoms with Crippen molar-refractivity contribution in [1.82, 2.24) is 15.6 Å². The van der Waals surface area contributed by atoms with Gasteiger partial charge in [-0.25, -0.2) is 0 Å². The van der Waals surface area contributed by atoms with Crippen LogP contribution in [0.1, 0.15) is 37.5 Å². The average molecular weight is 418 g/mol. The summed E-state index contributed by atoms with van der Waals surface area (Å²) >= 11 is 0. The summed E-state index contributed by atoms with van der Waals surface area (Å²) in [4.78, 5) is 27.2. The lowest BCUT2D eigenvalue weighted by molar-refractivity contribution is -0.124. The number of carbonyl (C=O) groups is 2. The molecule has 1 aromatic heterocycles. The van der Waals surface area contributed by atoms with E-state index in [4.69, 9.17) is 0 Å². The monoisotopic (exact) mass is 417 g/mol. The molecule has 0 aliphatic carbocycles. The van der Waals surface area contributed by atoms with Crippen LogP contribution in [-0.2, 0) is 9.59 Å². The van der Waals surface area contributed by atoms with Crippen LogP contribution in [-0.4, -0.2) is 29.9 Å². The van der Waals surface area contributed by atoms with Gasteiger partial charge in [0.2, 0.25) is 11.8 Å². The molecule has 0 aliphatic heterocycles. The van der Waals surface area contributed by atoms with Crippen LogP contribution in [0.15, 0.2) is 48.2 Å². The Morgan fingerprint density at radius 1 is 1.00 bits per heavy atom. The van der Waals surface area contributed by atoms with Crippen molar-refractivity contribution in [2.45, 2.75) is 34.6 Å². The zero-order valence-electron chi connectivity index (χ0n) is 18.9. The summed E-state index contributed by atoms with van der Waals surface area (Å²) in [6.45, 7) is 10.5. The van der Waals surface area contributed by atoms with E-state index in [-0.39, 0.29) is 17.7 Å². The quantitative estimate of drug-likeness (QED) is 0.384. The molecule has 3 rings (SSSR count). The zero-order chi connectivity index (χ0) is 22.5. The van der Waals surface area contributed by atoms with Gasteiger partial charge in [0.15, 0.2) is 0 Å². The summed E-state index contributed by atoms with van der Waals surface area (Å²) in [7, 11) is 0. The van der Waals surface area contributed by atoms with E-state index >= 15 is 0 Å². The summed E-state index contributed by atoms with van der Waals surface area (Å²) in [5, 5.41) is 6.85. The van der Waals surface area contributed by atoms with Gasteiger partial charge < -0.3 is 15.6 Å². The highest BCUT2D eigenvalue weighted by Crippen LogP contribution is 2.30. The number of carbonyl (C=O) groups excluding carboxylic acids is 2. The fraction of sp³-hybridized carbons (Fsp3) is 0.308. The minimum Gasteiger partial charge on any atom is -0.361 e. The van der Waals surface area contributed by atoms with Gasteiger partial charge >= 0.3 is 0 Å². The molecule has 5 nitrogen and oxygen atoms in total. The number of rotatable bonds is 7. The average Bonchev–Trinajstić information content (AvgIpc) is 3.20. The Morgan fingerprint density at radius 3 is 2.48 bits per heavy atom. The Kier molecular flexibility index (Phi) is 6.95. The van der Waals surface area contributed by atoms with Crippen molar-refractivity contribution in [3.63, 3.8) is 0 Å². The van der Waals surface area contributed by atoms with Gasteiger partial charge in [-0.3, -0.25) is 9.59 Å². The maximum Gasteiger partial charge on any atom is 0.246 e. The molecule has 0 saturated heterocycles. The van der Waals surface area contributed by atoms with Crippen LogP contribution in [0.25, 0.3) is 28.1 Å². The lowest BCUT2D eigenvalue weighted by atomic mass is 9.93. The van der Waals surface area contributed by atoms with E-state index in [9.17, 15) is 9.59 Å². The Labute approximate surface area is 183 Å². The molecule has 162 valence electrons. The molecule has 0 spiro atoms. The van der Waals surface area contributed by atoms with E-state index in [1.165, 1.54) is 16.5 Å².